The molecule has 1 nitrogen and oxygen atoms in total. The van der Waals surface area contributed by atoms with Crippen molar-refractivity contribution >= 4 is 21.8 Å². The Morgan fingerprint density at radius 2 is 0.768 bits per heavy atom. The maximum absolute atomic E-state index is 2.52. The third kappa shape index (κ3) is 4.26. The number of hydrogen-bond donors (Lipinski definition) is 0. The second-order valence-corrected chi connectivity index (χ2v) is 15.2. The van der Waals surface area contributed by atoms with Gasteiger partial charge in [-0.25, -0.2) is 0 Å². The summed E-state index contributed by atoms with van der Waals surface area (Å²) in [4.78, 5) is 0. The fraction of sp³-hybridized carbons (Fsp3) is 0.0182. The van der Waals surface area contributed by atoms with E-state index in [1.807, 2.05) is 0 Å². The maximum Gasteiger partial charge on any atom is 0.0726 e. The molecule has 0 radical (unpaired) electrons. The smallest absolute Gasteiger partial charge is 0.0726 e. The highest BCUT2D eigenvalue weighted by atomic mass is 15.0. The van der Waals surface area contributed by atoms with Crippen LogP contribution in [0.2, 0.25) is 0 Å². The number of aromatic nitrogens is 1. The average Bonchev–Trinajstić information content (AvgIpc) is 3.89. The van der Waals surface area contributed by atoms with Gasteiger partial charge in [-0.15, -0.1) is 0 Å². The lowest BCUT2D eigenvalue weighted by atomic mass is 9.70. The lowest BCUT2D eigenvalue weighted by Crippen LogP contribution is -2.25. The van der Waals surface area contributed by atoms with Gasteiger partial charge in [-0.2, -0.15) is 0 Å². The number of nitrogens with zero attached hydrogens (tertiary/aromatic N) is 1. The molecule has 10 aromatic rings. The van der Waals surface area contributed by atoms with Crippen LogP contribution in [0.5, 0.6) is 0 Å². The van der Waals surface area contributed by atoms with E-state index in [1.165, 1.54) is 105 Å². The molecule has 2 aliphatic rings. The lowest BCUT2D eigenvalue weighted by Gasteiger charge is -2.30. The molecule has 0 amide bonds. The molecule has 56 heavy (non-hydrogen) atoms. The summed E-state index contributed by atoms with van der Waals surface area (Å²) in [5.41, 5.74) is 21.2. The Morgan fingerprint density at radius 3 is 1.41 bits per heavy atom. The van der Waals surface area contributed by atoms with E-state index >= 15 is 0 Å². The summed E-state index contributed by atoms with van der Waals surface area (Å²) in [6.07, 6.45) is 0. The highest BCUT2D eigenvalue weighted by molar-refractivity contribution is 6.11. The molecule has 0 atom stereocenters. The Bertz CT molecular complexity index is 3080. The molecular formula is C55H35N. The SMILES string of the molecule is c1ccc(-c2cc(-c3ccccc3)cc(-c3ccc4c(c3)c3ccccc3n4-c3cccc4c3-c3ccccc3C43c4ccccc4-c4ccccc43)c2)cc1. The zero-order valence-electron chi connectivity index (χ0n) is 30.7. The lowest BCUT2D eigenvalue weighted by molar-refractivity contribution is 0.793. The normalized spacial score (nSPS) is 13.1. The summed E-state index contributed by atoms with van der Waals surface area (Å²) in [5.74, 6) is 0. The monoisotopic (exact) mass is 709 g/mol. The topological polar surface area (TPSA) is 4.93 Å². The van der Waals surface area contributed by atoms with Crippen molar-refractivity contribution in [2.75, 3.05) is 0 Å². The van der Waals surface area contributed by atoms with E-state index in [-0.39, 0.29) is 5.41 Å². The first-order chi connectivity index (χ1) is 27.8. The Kier molecular flexibility index (Phi) is 6.62. The van der Waals surface area contributed by atoms with Crippen LogP contribution in [0.4, 0.5) is 0 Å². The molecule has 0 fully saturated rings. The van der Waals surface area contributed by atoms with Crippen LogP contribution in [-0.2, 0) is 5.41 Å². The molecule has 1 heterocycles. The van der Waals surface area contributed by atoms with Gasteiger partial charge in [-0.1, -0.05) is 170 Å². The van der Waals surface area contributed by atoms with Gasteiger partial charge in [-0.3, -0.25) is 0 Å². The van der Waals surface area contributed by atoms with Gasteiger partial charge in [0.15, 0.2) is 0 Å². The van der Waals surface area contributed by atoms with Gasteiger partial charge >= 0.3 is 0 Å². The highest BCUT2D eigenvalue weighted by Crippen LogP contribution is 2.63. The number of rotatable bonds is 4. The van der Waals surface area contributed by atoms with Crippen molar-refractivity contribution < 1.29 is 0 Å². The molecule has 1 spiro atoms. The van der Waals surface area contributed by atoms with E-state index in [0.717, 1.165) is 0 Å². The number of fused-ring (bicyclic) bond motifs is 13. The van der Waals surface area contributed by atoms with Crippen LogP contribution in [0.3, 0.4) is 0 Å². The highest BCUT2D eigenvalue weighted by Gasteiger charge is 2.52. The van der Waals surface area contributed by atoms with E-state index in [0.29, 0.717) is 0 Å². The molecular weight excluding hydrogens is 675 g/mol. The third-order valence-corrected chi connectivity index (χ3v) is 12.4. The second-order valence-electron chi connectivity index (χ2n) is 15.2. The summed E-state index contributed by atoms with van der Waals surface area (Å²) in [7, 11) is 0. The average molecular weight is 710 g/mol. The fourth-order valence-corrected chi connectivity index (χ4v) is 10.1. The molecule has 260 valence electrons. The van der Waals surface area contributed by atoms with Crippen LogP contribution < -0.4 is 0 Å². The minimum absolute atomic E-state index is 0.388. The van der Waals surface area contributed by atoms with Gasteiger partial charge < -0.3 is 4.57 Å². The first kappa shape index (κ1) is 31.2. The number of para-hydroxylation sites is 1. The first-order valence-corrected chi connectivity index (χ1v) is 19.5. The Hall–Kier alpha value is -7.22. The zero-order chi connectivity index (χ0) is 36.8. The predicted molar refractivity (Wildman–Crippen MR) is 233 cm³/mol. The van der Waals surface area contributed by atoms with E-state index in [4.69, 9.17) is 0 Å². The molecule has 0 bridgehead atoms. The number of hydrogen-bond acceptors (Lipinski definition) is 0. The number of benzene rings is 9. The van der Waals surface area contributed by atoms with Crippen LogP contribution in [0.25, 0.3) is 83.1 Å². The Labute approximate surface area is 326 Å². The standard InChI is InChI=1S/C55H35N/c1-3-16-36(17-4-1)39-32-40(37-18-5-2-6-19-37)34-41(33-39)38-30-31-52-46(35-38)44-22-10-14-28-51(44)56(52)53-29-15-27-50-54(53)45-23-9-13-26-49(45)55(50)47-24-11-7-20-42(47)43-21-8-12-25-48(43)55/h1-35H. The third-order valence-electron chi connectivity index (χ3n) is 12.4. The van der Waals surface area contributed by atoms with Gasteiger partial charge in [0.05, 0.1) is 22.1 Å². The molecule has 0 unspecified atom stereocenters. The molecule has 9 aromatic carbocycles. The van der Waals surface area contributed by atoms with Crippen LogP contribution >= 0.6 is 0 Å². The molecule has 0 N–H and O–H groups in total. The van der Waals surface area contributed by atoms with Crippen molar-refractivity contribution in [1.82, 2.24) is 4.57 Å². The molecule has 0 saturated carbocycles. The Balaban J connectivity index is 1.11. The predicted octanol–water partition coefficient (Wildman–Crippen LogP) is 14.1. The first-order valence-electron chi connectivity index (χ1n) is 19.5. The Morgan fingerprint density at radius 1 is 0.286 bits per heavy atom. The molecule has 0 aliphatic heterocycles. The van der Waals surface area contributed by atoms with Crippen LogP contribution in [0.15, 0.2) is 212 Å². The largest absolute Gasteiger partial charge is 0.309 e. The van der Waals surface area contributed by atoms with Gasteiger partial charge in [0.2, 0.25) is 0 Å². The quantitative estimate of drug-likeness (QED) is 0.171. The van der Waals surface area contributed by atoms with Crippen LogP contribution in [0, 0.1) is 0 Å². The van der Waals surface area contributed by atoms with Gasteiger partial charge in [0, 0.05) is 16.3 Å². The van der Waals surface area contributed by atoms with Gasteiger partial charge in [-0.05, 0) is 115 Å². The van der Waals surface area contributed by atoms with Gasteiger partial charge in [0.1, 0.15) is 0 Å². The van der Waals surface area contributed by atoms with Crippen molar-refractivity contribution in [1.29, 1.82) is 0 Å². The van der Waals surface area contributed by atoms with E-state index < -0.39 is 0 Å². The molecule has 12 rings (SSSR count). The fourth-order valence-electron chi connectivity index (χ4n) is 10.1. The molecule has 1 heteroatoms. The summed E-state index contributed by atoms with van der Waals surface area (Å²) in [5, 5.41) is 2.50. The van der Waals surface area contributed by atoms with Crippen molar-refractivity contribution in [3.63, 3.8) is 0 Å². The molecule has 1 aromatic heterocycles. The second kappa shape index (κ2) is 11.9. The van der Waals surface area contributed by atoms with Gasteiger partial charge in [0.25, 0.3) is 0 Å². The van der Waals surface area contributed by atoms with Crippen molar-refractivity contribution in [2.45, 2.75) is 5.41 Å². The van der Waals surface area contributed by atoms with E-state index in [2.05, 4.69) is 217 Å². The van der Waals surface area contributed by atoms with Crippen LogP contribution in [0.1, 0.15) is 22.3 Å². The summed E-state index contributed by atoms with van der Waals surface area (Å²) in [6, 6.07) is 78.7. The molecule has 2 aliphatic carbocycles. The van der Waals surface area contributed by atoms with Crippen molar-refractivity contribution in [3.05, 3.63) is 235 Å². The van der Waals surface area contributed by atoms with Crippen molar-refractivity contribution in [2.24, 2.45) is 0 Å². The van der Waals surface area contributed by atoms with Crippen LogP contribution in [-0.4, -0.2) is 4.57 Å². The van der Waals surface area contributed by atoms with E-state index in [1.54, 1.807) is 0 Å². The summed E-state index contributed by atoms with van der Waals surface area (Å²) < 4.78 is 2.52. The van der Waals surface area contributed by atoms with Crippen molar-refractivity contribution in [3.8, 4) is 61.3 Å². The van der Waals surface area contributed by atoms with E-state index in [9.17, 15) is 0 Å². The summed E-state index contributed by atoms with van der Waals surface area (Å²) in [6.45, 7) is 0. The summed E-state index contributed by atoms with van der Waals surface area (Å²) >= 11 is 0. The maximum atomic E-state index is 2.52. The zero-order valence-corrected chi connectivity index (χ0v) is 30.7. The minimum Gasteiger partial charge on any atom is -0.309 e. The molecule has 0 saturated heterocycles. The minimum atomic E-state index is -0.388.